The van der Waals surface area contributed by atoms with E-state index in [4.69, 9.17) is 16.3 Å². The molecule has 1 heterocycles. The van der Waals surface area contributed by atoms with Crippen molar-refractivity contribution in [2.75, 3.05) is 23.4 Å². The molecule has 172 valence electrons. The lowest BCUT2D eigenvalue weighted by Crippen LogP contribution is -2.43. The standard InChI is InChI=1S/C23H18ClF3N2O4/c24-14-4-8-16(9-5-14)29-17(12-30)13-32-21-19(2-1-3-20(21)29)22(31)28-15-6-10-18(11-7-15)33-23(25,26)27/h1-11,17,30H,12-13H2,(H,28,31)/t17-/m0/s1. The summed E-state index contributed by atoms with van der Waals surface area (Å²) in [7, 11) is 0. The van der Waals surface area contributed by atoms with Gasteiger partial charge in [-0.3, -0.25) is 4.79 Å². The zero-order valence-electron chi connectivity index (χ0n) is 17.0. The SMILES string of the molecule is O=C(Nc1ccc(OC(F)(F)F)cc1)c1cccc2c1OC[C@H](CO)N2c1ccc(Cl)cc1. The van der Waals surface area contributed by atoms with Crippen molar-refractivity contribution in [2.24, 2.45) is 0 Å². The molecular weight excluding hydrogens is 461 g/mol. The van der Waals surface area contributed by atoms with Crippen LogP contribution in [0.15, 0.2) is 66.7 Å². The Labute approximate surface area is 192 Å². The zero-order chi connectivity index (χ0) is 23.6. The summed E-state index contributed by atoms with van der Waals surface area (Å²) >= 11 is 6.00. The Hall–Kier alpha value is -3.43. The third-order valence-corrected chi connectivity index (χ3v) is 5.20. The smallest absolute Gasteiger partial charge is 0.488 e. The van der Waals surface area contributed by atoms with Crippen LogP contribution < -0.4 is 19.7 Å². The monoisotopic (exact) mass is 478 g/mol. The molecule has 3 aromatic carbocycles. The molecule has 10 heteroatoms. The van der Waals surface area contributed by atoms with E-state index in [9.17, 15) is 23.1 Å². The second kappa shape index (κ2) is 9.21. The van der Waals surface area contributed by atoms with Gasteiger partial charge in [-0.1, -0.05) is 17.7 Å². The largest absolute Gasteiger partial charge is 0.573 e. The molecule has 6 nitrogen and oxygen atoms in total. The van der Waals surface area contributed by atoms with E-state index in [1.54, 1.807) is 42.5 Å². The number of carbonyl (C=O) groups excluding carboxylic acids is 1. The number of benzene rings is 3. The first-order valence-corrected chi connectivity index (χ1v) is 10.2. The number of nitrogens with zero attached hydrogens (tertiary/aromatic N) is 1. The van der Waals surface area contributed by atoms with Crippen LogP contribution in [-0.4, -0.2) is 36.6 Å². The van der Waals surface area contributed by atoms with E-state index in [0.29, 0.717) is 16.5 Å². The Bertz CT molecular complexity index is 1140. The summed E-state index contributed by atoms with van der Waals surface area (Å²) in [5.41, 5.74) is 1.87. The Morgan fingerprint density at radius 1 is 1.12 bits per heavy atom. The Morgan fingerprint density at radius 3 is 2.45 bits per heavy atom. The van der Waals surface area contributed by atoms with E-state index in [1.807, 2.05) is 4.90 Å². The van der Waals surface area contributed by atoms with Crippen molar-refractivity contribution in [1.82, 2.24) is 0 Å². The minimum Gasteiger partial charge on any atom is -0.488 e. The lowest BCUT2D eigenvalue weighted by atomic mass is 10.1. The normalized spacial score (nSPS) is 15.4. The quantitative estimate of drug-likeness (QED) is 0.515. The number of ether oxygens (including phenoxy) is 2. The molecule has 0 aliphatic carbocycles. The minimum atomic E-state index is -4.80. The highest BCUT2D eigenvalue weighted by Gasteiger charge is 2.32. The Balaban J connectivity index is 1.60. The number of hydrogen-bond donors (Lipinski definition) is 2. The number of alkyl halides is 3. The molecule has 0 fully saturated rings. The molecule has 0 saturated heterocycles. The Kier molecular flexibility index (Phi) is 6.35. The molecule has 0 saturated carbocycles. The molecule has 1 aliphatic heterocycles. The summed E-state index contributed by atoms with van der Waals surface area (Å²) < 4.78 is 46.7. The molecule has 0 spiro atoms. The van der Waals surface area contributed by atoms with E-state index in [1.165, 1.54) is 12.1 Å². The molecule has 33 heavy (non-hydrogen) atoms. The molecule has 1 amide bonds. The fraction of sp³-hybridized carbons (Fsp3) is 0.174. The van der Waals surface area contributed by atoms with Gasteiger partial charge in [0, 0.05) is 16.4 Å². The average Bonchev–Trinajstić information content (AvgIpc) is 2.79. The average molecular weight is 479 g/mol. The fourth-order valence-corrected chi connectivity index (χ4v) is 3.65. The number of para-hydroxylation sites is 1. The topological polar surface area (TPSA) is 71.0 Å². The molecule has 0 radical (unpaired) electrons. The van der Waals surface area contributed by atoms with Crippen LogP contribution in [-0.2, 0) is 0 Å². The van der Waals surface area contributed by atoms with Gasteiger partial charge in [-0.15, -0.1) is 13.2 Å². The predicted molar refractivity (Wildman–Crippen MR) is 117 cm³/mol. The summed E-state index contributed by atoms with van der Waals surface area (Å²) in [6.07, 6.45) is -4.80. The van der Waals surface area contributed by atoms with Crippen LogP contribution in [0.1, 0.15) is 10.4 Å². The van der Waals surface area contributed by atoms with Crippen LogP contribution in [0, 0.1) is 0 Å². The zero-order valence-corrected chi connectivity index (χ0v) is 17.7. The molecule has 2 N–H and O–H groups in total. The van der Waals surface area contributed by atoms with Crippen LogP contribution >= 0.6 is 11.6 Å². The number of carbonyl (C=O) groups is 1. The molecule has 1 aliphatic rings. The number of aliphatic hydroxyl groups is 1. The molecule has 0 bridgehead atoms. The number of rotatable bonds is 5. The number of hydrogen-bond acceptors (Lipinski definition) is 5. The molecular formula is C23H18ClF3N2O4. The van der Waals surface area contributed by atoms with Gasteiger partial charge in [-0.25, -0.2) is 0 Å². The molecule has 1 atom stereocenters. The lowest BCUT2D eigenvalue weighted by Gasteiger charge is -2.38. The molecule has 3 aromatic rings. The van der Waals surface area contributed by atoms with E-state index in [0.717, 1.165) is 17.8 Å². The predicted octanol–water partition coefficient (Wildman–Crippen LogP) is 5.38. The molecule has 0 unspecified atom stereocenters. The third-order valence-electron chi connectivity index (χ3n) is 4.94. The van der Waals surface area contributed by atoms with Crippen LogP contribution in [0.5, 0.6) is 11.5 Å². The summed E-state index contributed by atoms with van der Waals surface area (Å²) in [6.45, 7) is -0.0370. The van der Waals surface area contributed by atoms with Crippen LogP contribution in [0.25, 0.3) is 0 Å². The van der Waals surface area contributed by atoms with Crippen LogP contribution in [0.2, 0.25) is 5.02 Å². The van der Waals surface area contributed by atoms with Crippen LogP contribution in [0.4, 0.5) is 30.2 Å². The van der Waals surface area contributed by atoms with Gasteiger partial charge in [0.05, 0.1) is 23.9 Å². The van der Waals surface area contributed by atoms with Gasteiger partial charge >= 0.3 is 6.36 Å². The first kappa shape index (κ1) is 22.8. The maximum absolute atomic E-state index is 13.0. The van der Waals surface area contributed by atoms with Crippen molar-refractivity contribution < 1.29 is 32.5 Å². The van der Waals surface area contributed by atoms with Gasteiger partial charge < -0.3 is 24.8 Å². The van der Waals surface area contributed by atoms with Gasteiger partial charge in [0.2, 0.25) is 0 Å². The minimum absolute atomic E-state index is 0.139. The number of nitrogens with one attached hydrogen (secondary N) is 1. The summed E-state index contributed by atoms with van der Waals surface area (Å²) in [5.74, 6) is -0.573. The third kappa shape index (κ3) is 5.15. The van der Waals surface area contributed by atoms with Gasteiger partial charge in [0.1, 0.15) is 12.4 Å². The number of fused-ring (bicyclic) bond motifs is 1. The van der Waals surface area contributed by atoms with Crippen molar-refractivity contribution in [3.63, 3.8) is 0 Å². The van der Waals surface area contributed by atoms with Gasteiger partial charge in [-0.2, -0.15) is 0 Å². The molecule has 4 rings (SSSR count). The van der Waals surface area contributed by atoms with E-state index in [-0.39, 0.29) is 30.5 Å². The highest BCUT2D eigenvalue weighted by Crippen LogP contribution is 2.41. The summed E-state index contributed by atoms with van der Waals surface area (Å²) in [5, 5.41) is 13.1. The van der Waals surface area contributed by atoms with E-state index < -0.39 is 18.0 Å². The highest BCUT2D eigenvalue weighted by atomic mass is 35.5. The maximum atomic E-state index is 13.0. The van der Waals surface area contributed by atoms with Crippen molar-refractivity contribution in [2.45, 2.75) is 12.4 Å². The van der Waals surface area contributed by atoms with Gasteiger partial charge in [0.25, 0.3) is 5.91 Å². The Morgan fingerprint density at radius 2 is 1.82 bits per heavy atom. The van der Waals surface area contributed by atoms with Crippen molar-refractivity contribution in [1.29, 1.82) is 0 Å². The fourth-order valence-electron chi connectivity index (χ4n) is 3.52. The lowest BCUT2D eigenvalue weighted by molar-refractivity contribution is -0.274. The highest BCUT2D eigenvalue weighted by molar-refractivity contribution is 6.30. The van der Waals surface area contributed by atoms with Gasteiger partial charge in [0.15, 0.2) is 5.75 Å². The maximum Gasteiger partial charge on any atom is 0.573 e. The van der Waals surface area contributed by atoms with E-state index >= 15 is 0 Å². The second-order valence-corrected chi connectivity index (χ2v) is 7.61. The molecule has 0 aromatic heterocycles. The van der Waals surface area contributed by atoms with Crippen molar-refractivity contribution in [3.05, 3.63) is 77.3 Å². The van der Waals surface area contributed by atoms with Crippen molar-refractivity contribution >= 4 is 34.6 Å². The van der Waals surface area contributed by atoms with E-state index in [2.05, 4.69) is 10.1 Å². The summed E-state index contributed by atoms with van der Waals surface area (Å²) in [6, 6.07) is 16.5. The first-order valence-electron chi connectivity index (χ1n) is 9.84. The number of amides is 1. The van der Waals surface area contributed by atoms with Gasteiger partial charge in [-0.05, 0) is 60.7 Å². The summed E-state index contributed by atoms with van der Waals surface area (Å²) in [4.78, 5) is 14.8. The second-order valence-electron chi connectivity index (χ2n) is 7.17. The number of aliphatic hydroxyl groups excluding tert-OH is 1. The first-order chi connectivity index (χ1) is 15.7. The number of halogens is 4. The van der Waals surface area contributed by atoms with Crippen LogP contribution in [0.3, 0.4) is 0 Å². The van der Waals surface area contributed by atoms with Crippen molar-refractivity contribution in [3.8, 4) is 11.5 Å². The number of anilines is 3.